The Hall–Kier alpha value is -2.64. The average molecular weight is 283 g/mol. The fourth-order valence-electron chi connectivity index (χ4n) is 1.47. The van der Waals surface area contributed by atoms with Crippen molar-refractivity contribution in [3.05, 3.63) is 34.4 Å². The molecule has 8 heteroatoms. The predicted octanol–water partition coefficient (Wildman–Crippen LogP) is 1.08. The number of hydrogen-bond acceptors (Lipinski definition) is 7. The van der Waals surface area contributed by atoms with Crippen molar-refractivity contribution in [2.75, 3.05) is 14.2 Å². The molecule has 0 spiro atoms. The highest BCUT2D eigenvalue weighted by atomic mass is 16.6. The molecular formula is C12H13NO7. The van der Waals surface area contributed by atoms with E-state index in [0.717, 1.165) is 21.1 Å². The average Bonchev–Trinajstić information content (AvgIpc) is 2.45. The summed E-state index contributed by atoms with van der Waals surface area (Å²) in [6.45, 7) is 1.11. The van der Waals surface area contributed by atoms with Gasteiger partial charge >= 0.3 is 17.6 Å². The highest BCUT2D eigenvalue weighted by Gasteiger charge is 2.47. The molecule has 0 unspecified atom stereocenters. The van der Waals surface area contributed by atoms with Gasteiger partial charge in [-0.25, -0.2) is 9.59 Å². The number of nitro benzene ring substituents is 1. The Morgan fingerprint density at radius 1 is 1.15 bits per heavy atom. The number of nitro groups is 1. The predicted molar refractivity (Wildman–Crippen MR) is 66.2 cm³/mol. The van der Waals surface area contributed by atoms with Gasteiger partial charge in [-0.2, -0.15) is 0 Å². The Labute approximate surface area is 114 Å². The largest absolute Gasteiger partial charge is 0.466 e. The molecule has 0 heterocycles. The highest BCUT2D eigenvalue weighted by molar-refractivity contribution is 6.03. The van der Waals surface area contributed by atoms with Gasteiger partial charge in [-0.05, 0) is 13.0 Å². The molecule has 1 aromatic carbocycles. The zero-order valence-electron chi connectivity index (χ0n) is 11.1. The molecule has 8 nitrogen and oxygen atoms in total. The summed E-state index contributed by atoms with van der Waals surface area (Å²) in [5.74, 6) is -2.29. The zero-order chi connectivity index (χ0) is 15.3. The molecule has 0 aromatic heterocycles. The van der Waals surface area contributed by atoms with Crippen molar-refractivity contribution in [3.63, 3.8) is 0 Å². The van der Waals surface area contributed by atoms with E-state index >= 15 is 0 Å². The van der Waals surface area contributed by atoms with Crippen molar-refractivity contribution in [2.45, 2.75) is 12.5 Å². The molecule has 0 fully saturated rings. The van der Waals surface area contributed by atoms with Crippen LogP contribution in [-0.4, -0.2) is 36.7 Å². The lowest BCUT2D eigenvalue weighted by atomic mass is 10.1. The summed E-state index contributed by atoms with van der Waals surface area (Å²) in [6.07, 6.45) is 0. The Bertz CT molecular complexity index is 524. The van der Waals surface area contributed by atoms with E-state index in [1.54, 1.807) is 0 Å². The van der Waals surface area contributed by atoms with Crippen LogP contribution in [0.2, 0.25) is 0 Å². The third kappa shape index (κ3) is 2.85. The number of ether oxygens (including phenoxy) is 3. The van der Waals surface area contributed by atoms with Crippen LogP contribution in [0.3, 0.4) is 0 Å². The summed E-state index contributed by atoms with van der Waals surface area (Å²) in [7, 11) is 2.12. The second-order valence-corrected chi connectivity index (χ2v) is 3.84. The highest BCUT2D eigenvalue weighted by Crippen LogP contribution is 2.30. The van der Waals surface area contributed by atoms with Gasteiger partial charge in [0.25, 0.3) is 5.60 Å². The van der Waals surface area contributed by atoms with Crippen LogP contribution in [0.4, 0.5) is 5.69 Å². The number of nitrogens with zero attached hydrogens (tertiary/aromatic N) is 1. The normalized spacial score (nSPS) is 10.6. The van der Waals surface area contributed by atoms with Crippen LogP contribution < -0.4 is 4.74 Å². The van der Waals surface area contributed by atoms with E-state index in [2.05, 4.69) is 9.47 Å². The summed E-state index contributed by atoms with van der Waals surface area (Å²) < 4.78 is 14.2. The van der Waals surface area contributed by atoms with Crippen LogP contribution >= 0.6 is 0 Å². The van der Waals surface area contributed by atoms with Gasteiger partial charge < -0.3 is 14.2 Å². The lowest BCUT2D eigenvalue weighted by molar-refractivity contribution is -0.386. The number of carbonyl (C=O) groups is 2. The number of rotatable bonds is 5. The molecule has 0 aliphatic heterocycles. The minimum atomic E-state index is -2.13. The summed E-state index contributed by atoms with van der Waals surface area (Å²) in [4.78, 5) is 33.6. The second-order valence-electron chi connectivity index (χ2n) is 3.84. The molecule has 0 saturated carbocycles. The zero-order valence-corrected chi connectivity index (χ0v) is 11.1. The first kappa shape index (κ1) is 15.4. The molecule has 0 aliphatic carbocycles. The molecule has 0 saturated heterocycles. The van der Waals surface area contributed by atoms with Crippen LogP contribution in [0.25, 0.3) is 0 Å². The van der Waals surface area contributed by atoms with Gasteiger partial charge in [0.05, 0.1) is 19.1 Å². The number of para-hydroxylation sites is 2. The Morgan fingerprint density at radius 2 is 1.65 bits per heavy atom. The monoisotopic (exact) mass is 283 g/mol. The van der Waals surface area contributed by atoms with E-state index in [1.165, 1.54) is 24.3 Å². The number of benzene rings is 1. The van der Waals surface area contributed by atoms with Gasteiger partial charge in [-0.15, -0.1) is 0 Å². The smallest absolute Gasteiger partial charge is 0.361 e. The van der Waals surface area contributed by atoms with E-state index in [-0.39, 0.29) is 11.4 Å². The third-order valence-corrected chi connectivity index (χ3v) is 2.53. The van der Waals surface area contributed by atoms with Crippen molar-refractivity contribution in [1.29, 1.82) is 0 Å². The maximum atomic E-state index is 11.7. The summed E-state index contributed by atoms with van der Waals surface area (Å²) >= 11 is 0. The first-order chi connectivity index (χ1) is 9.36. The molecule has 0 bridgehead atoms. The molecule has 0 aliphatic rings. The quantitative estimate of drug-likeness (QED) is 0.344. The number of carbonyl (C=O) groups excluding carboxylic acids is 2. The van der Waals surface area contributed by atoms with Crippen LogP contribution in [0, 0.1) is 10.1 Å². The van der Waals surface area contributed by atoms with Crippen molar-refractivity contribution < 1.29 is 28.7 Å². The van der Waals surface area contributed by atoms with Crippen molar-refractivity contribution >= 4 is 17.6 Å². The van der Waals surface area contributed by atoms with E-state index in [9.17, 15) is 19.7 Å². The first-order valence-corrected chi connectivity index (χ1v) is 5.46. The maximum absolute atomic E-state index is 11.7. The number of methoxy groups -OCH3 is 2. The van der Waals surface area contributed by atoms with Crippen molar-refractivity contribution in [2.24, 2.45) is 0 Å². The van der Waals surface area contributed by atoms with E-state index in [4.69, 9.17) is 4.74 Å². The molecule has 1 rings (SSSR count). The van der Waals surface area contributed by atoms with Crippen LogP contribution in [0.5, 0.6) is 5.75 Å². The Morgan fingerprint density at radius 3 is 2.10 bits per heavy atom. The summed E-state index contributed by atoms with van der Waals surface area (Å²) in [6, 6.07) is 5.35. The Kier molecular flexibility index (Phi) is 4.63. The molecular weight excluding hydrogens is 270 g/mol. The fourth-order valence-corrected chi connectivity index (χ4v) is 1.47. The van der Waals surface area contributed by atoms with Gasteiger partial charge in [-0.1, -0.05) is 12.1 Å². The van der Waals surface area contributed by atoms with Crippen molar-refractivity contribution in [3.8, 4) is 5.75 Å². The summed E-state index contributed by atoms with van der Waals surface area (Å²) in [5.41, 5.74) is -2.51. The van der Waals surface area contributed by atoms with E-state index < -0.39 is 22.5 Å². The van der Waals surface area contributed by atoms with Crippen molar-refractivity contribution in [1.82, 2.24) is 0 Å². The van der Waals surface area contributed by atoms with Gasteiger partial charge in [0.1, 0.15) is 0 Å². The SMILES string of the molecule is COC(=O)C(C)(Oc1ccccc1[N+](=O)[O-])C(=O)OC. The minimum absolute atomic E-state index is 0.240. The molecule has 108 valence electrons. The fraction of sp³-hybridized carbons (Fsp3) is 0.333. The molecule has 0 radical (unpaired) electrons. The molecule has 0 N–H and O–H groups in total. The minimum Gasteiger partial charge on any atom is -0.466 e. The number of esters is 2. The second kappa shape index (κ2) is 6.00. The van der Waals surface area contributed by atoms with Gasteiger partial charge in [-0.3, -0.25) is 10.1 Å². The molecule has 0 amide bonds. The lowest BCUT2D eigenvalue weighted by Crippen LogP contribution is -2.50. The standard InChI is InChI=1S/C12H13NO7/c1-12(10(14)18-2,11(15)19-3)20-9-7-5-4-6-8(9)13(16)17/h4-7H,1-3H3. The Balaban J connectivity index is 3.24. The van der Waals surface area contributed by atoms with Gasteiger partial charge in [0.15, 0.2) is 5.75 Å². The van der Waals surface area contributed by atoms with Crippen LogP contribution in [0.15, 0.2) is 24.3 Å². The molecule has 0 atom stereocenters. The van der Waals surface area contributed by atoms with Gasteiger partial charge in [0, 0.05) is 6.07 Å². The lowest BCUT2D eigenvalue weighted by Gasteiger charge is -2.24. The topological polar surface area (TPSA) is 105 Å². The van der Waals surface area contributed by atoms with Crippen LogP contribution in [-0.2, 0) is 19.1 Å². The van der Waals surface area contributed by atoms with Crippen LogP contribution in [0.1, 0.15) is 6.92 Å². The van der Waals surface area contributed by atoms with E-state index in [1.807, 2.05) is 0 Å². The molecule has 20 heavy (non-hydrogen) atoms. The summed E-state index contributed by atoms with van der Waals surface area (Å²) in [5, 5.41) is 10.9. The first-order valence-electron chi connectivity index (χ1n) is 5.46. The van der Waals surface area contributed by atoms with E-state index in [0.29, 0.717) is 0 Å². The maximum Gasteiger partial charge on any atom is 0.361 e. The number of hydrogen-bond donors (Lipinski definition) is 0. The molecule has 1 aromatic rings. The third-order valence-electron chi connectivity index (χ3n) is 2.53. The van der Waals surface area contributed by atoms with Gasteiger partial charge in [0.2, 0.25) is 0 Å².